The van der Waals surface area contributed by atoms with E-state index < -0.39 is 5.97 Å². The van der Waals surface area contributed by atoms with E-state index in [0.717, 1.165) is 41.5 Å². The minimum absolute atomic E-state index is 0.835. The highest BCUT2D eigenvalue weighted by Crippen LogP contribution is 2.42. The summed E-state index contributed by atoms with van der Waals surface area (Å²) in [6.07, 6.45) is 4.61. The number of methoxy groups -OCH3 is 2. The first-order chi connectivity index (χ1) is 15.1. The SMILES string of the molecule is COc1ccc(C2=C(c3ccc(/C=C/C(=O)O)cc3)c3ccc(OC)cc3CC2)cc1. The number of aliphatic carboxylic acids is 1. The van der Waals surface area contributed by atoms with Crippen LogP contribution in [-0.2, 0) is 11.2 Å². The van der Waals surface area contributed by atoms with Crippen molar-refractivity contribution < 1.29 is 19.4 Å². The highest BCUT2D eigenvalue weighted by atomic mass is 16.5. The van der Waals surface area contributed by atoms with Gasteiger partial charge in [0, 0.05) is 6.08 Å². The predicted molar refractivity (Wildman–Crippen MR) is 123 cm³/mol. The van der Waals surface area contributed by atoms with E-state index in [9.17, 15) is 4.79 Å². The lowest BCUT2D eigenvalue weighted by Gasteiger charge is -2.25. The Bertz CT molecular complexity index is 1150. The smallest absolute Gasteiger partial charge is 0.328 e. The van der Waals surface area contributed by atoms with Crippen LogP contribution in [0.15, 0.2) is 72.8 Å². The monoisotopic (exact) mass is 412 g/mol. The van der Waals surface area contributed by atoms with Gasteiger partial charge < -0.3 is 14.6 Å². The van der Waals surface area contributed by atoms with E-state index in [2.05, 4.69) is 36.4 Å². The molecule has 0 heterocycles. The Kier molecular flexibility index (Phi) is 5.89. The molecule has 4 heteroatoms. The quantitative estimate of drug-likeness (QED) is 0.527. The molecule has 1 aliphatic carbocycles. The Morgan fingerprint density at radius 2 is 1.48 bits per heavy atom. The van der Waals surface area contributed by atoms with Gasteiger partial charge in [0.2, 0.25) is 0 Å². The van der Waals surface area contributed by atoms with Gasteiger partial charge in [0.05, 0.1) is 14.2 Å². The van der Waals surface area contributed by atoms with Crippen LogP contribution < -0.4 is 9.47 Å². The number of allylic oxidation sites excluding steroid dienone is 1. The summed E-state index contributed by atoms with van der Waals surface area (Å²) in [6, 6.07) is 22.4. The fraction of sp³-hybridized carbons (Fsp3) is 0.148. The van der Waals surface area contributed by atoms with Gasteiger partial charge in [0.1, 0.15) is 11.5 Å². The molecule has 0 atom stereocenters. The Morgan fingerprint density at radius 1 is 0.839 bits per heavy atom. The number of aryl methyl sites for hydroxylation is 1. The van der Waals surface area contributed by atoms with E-state index in [0.29, 0.717) is 0 Å². The molecule has 0 fully saturated rings. The number of carboxylic acid groups (broad SMARTS) is 1. The molecule has 0 unspecified atom stereocenters. The van der Waals surface area contributed by atoms with Crippen molar-refractivity contribution in [1.82, 2.24) is 0 Å². The van der Waals surface area contributed by atoms with Crippen LogP contribution in [0.2, 0.25) is 0 Å². The molecule has 0 saturated carbocycles. The van der Waals surface area contributed by atoms with Crippen molar-refractivity contribution >= 4 is 23.2 Å². The van der Waals surface area contributed by atoms with Gasteiger partial charge in [-0.3, -0.25) is 0 Å². The first-order valence-electron chi connectivity index (χ1n) is 10.2. The van der Waals surface area contributed by atoms with Crippen molar-refractivity contribution in [2.75, 3.05) is 14.2 Å². The van der Waals surface area contributed by atoms with Crippen LogP contribution in [0.4, 0.5) is 0 Å². The lowest BCUT2D eigenvalue weighted by atomic mass is 9.79. The molecule has 0 radical (unpaired) electrons. The van der Waals surface area contributed by atoms with Crippen molar-refractivity contribution in [3.05, 3.63) is 101 Å². The van der Waals surface area contributed by atoms with Gasteiger partial charge in [-0.1, -0.05) is 42.5 Å². The van der Waals surface area contributed by atoms with Crippen LogP contribution in [0.5, 0.6) is 11.5 Å². The van der Waals surface area contributed by atoms with Crippen molar-refractivity contribution in [2.45, 2.75) is 12.8 Å². The molecule has 0 spiro atoms. The summed E-state index contributed by atoms with van der Waals surface area (Å²) in [5.74, 6) is 0.741. The lowest BCUT2D eigenvalue weighted by molar-refractivity contribution is -0.131. The highest BCUT2D eigenvalue weighted by molar-refractivity contribution is 6.01. The molecule has 3 aromatic rings. The maximum Gasteiger partial charge on any atom is 0.328 e. The van der Waals surface area contributed by atoms with Gasteiger partial charge in [-0.15, -0.1) is 0 Å². The highest BCUT2D eigenvalue weighted by Gasteiger charge is 2.22. The third-order valence-electron chi connectivity index (χ3n) is 5.58. The van der Waals surface area contributed by atoms with Gasteiger partial charge >= 0.3 is 5.97 Å². The Hall–Kier alpha value is -3.79. The molecule has 3 aromatic carbocycles. The van der Waals surface area contributed by atoms with Crippen molar-refractivity contribution in [3.8, 4) is 11.5 Å². The number of fused-ring (bicyclic) bond motifs is 1. The molecule has 4 nitrogen and oxygen atoms in total. The van der Waals surface area contributed by atoms with Crippen LogP contribution in [0, 0.1) is 0 Å². The average Bonchev–Trinajstić information content (AvgIpc) is 2.82. The molecule has 31 heavy (non-hydrogen) atoms. The van der Waals surface area contributed by atoms with Crippen LogP contribution in [0.1, 0.15) is 34.2 Å². The van der Waals surface area contributed by atoms with E-state index in [4.69, 9.17) is 14.6 Å². The minimum Gasteiger partial charge on any atom is -0.497 e. The Labute approximate surface area is 182 Å². The second-order valence-electron chi connectivity index (χ2n) is 7.40. The standard InChI is InChI=1S/C27H24O4/c1-30-22-11-8-19(9-12-22)24-14-10-21-17-23(31-2)13-15-25(21)27(24)20-6-3-18(4-7-20)5-16-26(28)29/h3-9,11-13,15-17H,10,14H2,1-2H3,(H,28,29)/b16-5+. The number of ether oxygens (including phenoxy) is 2. The molecule has 156 valence electrons. The molecule has 4 rings (SSSR count). The topological polar surface area (TPSA) is 55.8 Å². The summed E-state index contributed by atoms with van der Waals surface area (Å²) in [5, 5.41) is 8.87. The van der Waals surface area contributed by atoms with Gasteiger partial charge in [-0.2, -0.15) is 0 Å². The fourth-order valence-corrected chi connectivity index (χ4v) is 4.03. The molecule has 1 N–H and O–H groups in total. The molecular formula is C27H24O4. The number of rotatable bonds is 6. The van der Waals surface area contributed by atoms with Gasteiger partial charge in [-0.05, 0) is 82.1 Å². The van der Waals surface area contributed by atoms with Crippen molar-refractivity contribution in [2.24, 2.45) is 0 Å². The van der Waals surface area contributed by atoms with Crippen LogP contribution in [0.3, 0.4) is 0 Å². The summed E-state index contributed by atoms with van der Waals surface area (Å²) >= 11 is 0. The first-order valence-corrected chi connectivity index (χ1v) is 10.2. The number of carboxylic acids is 1. The maximum absolute atomic E-state index is 10.8. The van der Waals surface area contributed by atoms with Gasteiger partial charge in [0.25, 0.3) is 0 Å². The third-order valence-corrected chi connectivity index (χ3v) is 5.58. The average molecular weight is 412 g/mol. The molecular weight excluding hydrogens is 388 g/mol. The summed E-state index contributed by atoms with van der Waals surface area (Å²) in [4.78, 5) is 10.8. The number of carbonyl (C=O) groups is 1. The van der Waals surface area contributed by atoms with Gasteiger partial charge in [0.15, 0.2) is 0 Å². The van der Waals surface area contributed by atoms with Crippen molar-refractivity contribution in [1.29, 1.82) is 0 Å². The van der Waals surface area contributed by atoms with E-state index >= 15 is 0 Å². The third kappa shape index (κ3) is 4.38. The molecule has 0 saturated heterocycles. The molecule has 0 bridgehead atoms. The fourth-order valence-electron chi connectivity index (χ4n) is 4.03. The van der Waals surface area contributed by atoms with Crippen molar-refractivity contribution in [3.63, 3.8) is 0 Å². The summed E-state index contributed by atoms with van der Waals surface area (Å²) in [5.41, 5.74) is 8.07. The molecule has 0 aromatic heterocycles. The maximum atomic E-state index is 10.8. The number of benzene rings is 3. The van der Waals surface area contributed by atoms with Crippen LogP contribution in [0.25, 0.3) is 17.2 Å². The number of hydrogen-bond acceptors (Lipinski definition) is 3. The second kappa shape index (κ2) is 8.92. The first kappa shape index (κ1) is 20.5. The Morgan fingerprint density at radius 3 is 2.13 bits per heavy atom. The van der Waals surface area contributed by atoms with E-state index in [1.807, 2.05) is 30.3 Å². The van der Waals surface area contributed by atoms with Gasteiger partial charge in [-0.25, -0.2) is 4.79 Å². The second-order valence-corrected chi connectivity index (χ2v) is 7.40. The molecule has 0 amide bonds. The number of hydrogen-bond donors (Lipinski definition) is 1. The van der Waals surface area contributed by atoms with Crippen LogP contribution in [-0.4, -0.2) is 25.3 Å². The van der Waals surface area contributed by atoms with E-state index in [-0.39, 0.29) is 0 Å². The summed E-state index contributed by atoms with van der Waals surface area (Å²) in [7, 11) is 3.36. The molecule has 0 aliphatic heterocycles. The largest absolute Gasteiger partial charge is 0.497 e. The normalized spacial score (nSPS) is 13.2. The minimum atomic E-state index is -0.955. The van der Waals surface area contributed by atoms with E-state index in [1.54, 1.807) is 20.3 Å². The van der Waals surface area contributed by atoms with E-state index in [1.165, 1.54) is 27.8 Å². The zero-order valence-corrected chi connectivity index (χ0v) is 17.6. The molecule has 1 aliphatic rings. The summed E-state index contributed by atoms with van der Waals surface area (Å²) < 4.78 is 10.8. The lowest BCUT2D eigenvalue weighted by Crippen LogP contribution is -2.06. The summed E-state index contributed by atoms with van der Waals surface area (Å²) in [6.45, 7) is 0. The Balaban J connectivity index is 1.84. The zero-order chi connectivity index (χ0) is 21.8. The van der Waals surface area contributed by atoms with Crippen LogP contribution >= 0.6 is 0 Å². The predicted octanol–water partition coefficient (Wildman–Crippen LogP) is 5.71. The zero-order valence-electron chi connectivity index (χ0n) is 17.6.